The first-order chi connectivity index (χ1) is 52.9. The molecule has 0 spiro atoms. The number of amides is 12. The fourth-order valence-corrected chi connectivity index (χ4v) is 13.3. The van der Waals surface area contributed by atoms with Crippen molar-refractivity contribution < 1.29 is 115 Å². The number of aromatic nitrogens is 4. The van der Waals surface area contributed by atoms with Crippen molar-refractivity contribution in [2.45, 2.75) is 126 Å². The summed E-state index contributed by atoms with van der Waals surface area (Å²) in [5, 5.41) is 73.5. The molecule has 2 aliphatic heterocycles. The van der Waals surface area contributed by atoms with Gasteiger partial charge in [0, 0.05) is 54.4 Å². The van der Waals surface area contributed by atoms with Gasteiger partial charge < -0.3 is 123 Å². The molecule has 18 N–H and O–H groups in total. The number of carbonyl (C=O) groups is 11. The topological polar surface area (TPSA) is 570 Å². The number of hydrogen-bond acceptors (Lipinski definition) is 28. The van der Waals surface area contributed by atoms with Gasteiger partial charge in [-0.2, -0.15) is 11.8 Å². The summed E-state index contributed by atoms with van der Waals surface area (Å²) in [4.78, 5) is 148. The van der Waals surface area contributed by atoms with E-state index in [2.05, 4.69) is 63.1 Å². The van der Waals surface area contributed by atoms with Crippen LogP contribution < -0.4 is 64.1 Å². The normalized spacial score (nSPS) is 19.3. The Hall–Kier alpha value is -8.37. The van der Waals surface area contributed by atoms with Gasteiger partial charge in [0.1, 0.15) is 40.6 Å². The van der Waals surface area contributed by atoms with E-state index in [0.29, 0.717) is 152 Å². The van der Waals surface area contributed by atoms with Crippen LogP contribution in [-0.2, 0) is 117 Å². The van der Waals surface area contributed by atoms with Crippen LogP contribution in [0.4, 0.5) is 4.79 Å². The van der Waals surface area contributed by atoms with Crippen molar-refractivity contribution >= 4 is 98.6 Å². The molecule has 2 aromatic heterocycles. The number of aromatic amines is 1. The third-order valence-electron chi connectivity index (χ3n) is 17.1. The minimum Gasteiger partial charge on any atom is -0.496 e. The molecular weight excluding hydrogens is 1490 g/mol. The van der Waals surface area contributed by atoms with E-state index < -0.39 is 164 Å². The van der Waals surface area contributed by atoms with E-state index >= 15 is 4.21 Å². The minimum absolute atomic E-state index is 0.0571. The summed E-state index contributed by atoms with van der Waals surface area (Å²) in [5.41, 5.74) is 12.7. The molecule has 0 aliphatic carbocycles. The Morgan fingerprint density at radius 3 is 1.98 bits per heavy atom. The van der Waals surface area contributed by atoms with Gasteiger partial charge in [-0.3, -0.25) is 57.1 Å². The van der Waals surface area contributed by atoms with Gasteiger partial charge >= 0.3 is 6.03 Å². The van der Waals surface area contributed by atoms with Crippen molar-refractivity contribution in [3.05, 3.63) is 47.3 Å². The fourth-order valence-electron chi connectivity index (χ4n) is 10.9. The quantitative estimate of drug-likeness (QED) is 0.0185. The van der Waals surface area contributed by atoms with Crippen molar-refractivity contribution in [1.29, 1.82) is 0 Å². The lowest BCUT2D eigenvalue weighted by atomic mass is 9.94. The number of β-amino-alcohol motifs (C(OH)–C–C–N with tert-alkyl or cyclic N) is 1. The Bertz CT molecular complexity index is 3480. The summed E-state index contributed by atoms with van der Waals surface area (Å²) in [6.45, 7) is 7.49. The number of fused-ring (bicyclic) bond motifs is 3. The number of unbranched alkanes of at least 4 members (excludes halogenated alkanes) is 1. The smallest absolute Gasteiger partial charge is 0.314 e. The summed E-state index contributed by atoms with van der Waals surface area (Å²) < 4.78 is 61.4. The van der Waals surface area contributed by atoms with Crippen LogP contribution in [-0.4, -0.2) is 314 Å². The minimum atomic E-state index is -2.41. The third kappa shape index (κ3) is 32.9. The molecule has 1 unspecified atom stereocenters. The number of hydrogen-bond donors (Lipinski definition) is 16. The predicted molar refractivity (Wildman–Crippen MR) is 395 cm³/mol. The molecule has 616 valence electrons. The van der Waals surface area contributed by atoms with E-state index in [0.717, 1.165) is 4.90 Å². The number of carbonyl (C=O) groups excluding carboxylic acids is 11. The van der Waals surface area contributed by atoms with E-state index in [1.54, 1.807) is 36.9 Å². The number of ether oxygens (including phenoxy) is 8. The molecule has 10 atom stereocenters. The molecule has 5 rings (SSSR count). The number of H-pyrrole nitrogens is 1. The Morgan fingerprint density at radius 2 is 1.39 bits per heavy atom. The van der Waals surface area contributed by atoms with Crippen LogP contribution in [0, 0.1) is 11.8 Å². The van der Waals surface area contributed by atoms with Crippen LogP contribution in [0.25, 0.3) is 10.9 Å². The zero-order chi connectivity index (χ0) is 80.3. The Kier molecular flexibility index (Phi) is 43.0. The second kappa shape index (κ2) is 51.2. The molecule has 0 bridgehead atoms. The Morgan fingerprint density at radius 1 is 0.773 bits per heavy atom. The number of rotatable bonds is 48. The lowest BCUT2D eigenvalue weighted by Crippen LogP contribution is -2.58. The van der Waals surface area contributed by atoms with Crippen molar-refractivity contribution in [2.75, 3.05) is 157 Å². The largest absolute Gasteiger partial charge is 0.496 e. The molecule has 2 aliphatic rings. The number of primary amides is 1. The number of nitrogens with zero attached hydrogens (tertiary/aromatic N) is 4. The molecule has 0 radical (unpaired) electrons. The third-order valence-corrected chi connectivity index (χ3v) is 19.6. The highest BCUT2D eigenvalue weighted by atomic mass is 32.2. The predicted octanol–water partition coefficient (Wildman–Crippen LogP) is -5.75. The van der Waals surface area contributed by atoms with Crippen molar-refractivity contribution in [2.24, 2.45) is 23.3 Å². The van der Waals surface area contributed by atoms with Gasteiger partial charge in [0.2, 0.25) is 47.3 Å². The molecule has 3 aromatic rings. The van der Waals surface area contributed by atoms with E-state index in [4.69, 9.17) is 49.4 Å². The standard InChI is InChI=1S/C68H108N16O24S2/c1-5-42(2)60(79-56(91)33-69)65(97)74-35-57(92)76-51-41-110(100)67-48(30-44(38-85)75-66(98)61(43(3)52(88)39-86)78-55(90)31-46(87)34-73-63(95)50(32-54(70)89)77-64(51)96)47-8-9-53(101-4)49(62(47)80-67)40-109-29-7-6-12-71-68(99)72-13-15-102-17-19-104-21-23-106-25-27-108-28-26-107-24-22-105-20-18-103-16-14-83-36-45(81-82-83)37-84-58(93)10-11-59(84)94/h8-11,36,42-44,46,50-52,60-61,80,85-88H,5-7,12-35,37-41,69H2,1-4H3,(H2,70,89)(H,73,95)(H,74,97)(H,75,98)(H,76,92)(H,77,96)(H,78,90)(H,79,91)(H2,71,72,99)/t42-,43-,44-,46+,50-,51-,52-,60-,61-,110?/m0/s1. The second-order valence-corrected chi connectivity index (χ2v) is 28.0. The molecule has 110 heavy (non-hydrogen) atoms. The summed E-state index contributed by atoms with van der Waals surface area (Å²) in [6.07, 6.45) is 0.661. The van der Waals surface area contributed by atoms with E-state index in [1.807, 2.05) is 0 Å². The van der Waals surface area contributed by atoms with Gasteiger partial charge in [0.15, 0.2) is 0 Å². The average molecular weight is 1600 g/mol. The monoisotopic (exact) mass is 1600 g/mol. The van der Waals surface area contributed by atoms with Crippen molar-refractivity contribution in [3.63, 3.8) is 0 Å². The number of nitrogens with one attached hydrogen (secondary N) is 10. The summed E-state index contributed by atoms with van der Waals surface area (Å²) in [5.74, 6) is -9.57. The highest BCUT2D eigenvalue weighted by Gasteiger charge is 2.37. The number of methoxy groups -OCH3 is 1. The van der Waals surface area contributed by atoms with Crippen molar-refractivity contribution in [1.82, 2.24) is 72.7 Å². The van der Waals surface area contributed by atoms with Gasteiger partial charge in [0.05, 0.1) is 198 Å². The summed E-state index contributed by atoms with van der Waals surface area (Å²) in [7, 11) is -0.966. The van der Waals surface area contributed by atoms with Gasteiger partial charge in [-0.05, 0) is 48.6 Å². The molecular formula is C68H108N16O24S2. The zero-order valence-corrected chi connectivity index (χ0v) is 64.1. The van der Waals surface area contributed by atoms with Crippen LogP contribution in [0.15, 0.2) is 35.5 Å². The van der Waals surface area contributed by atoms with Gasteiger partial charge in [-0.15, -0.1) is 5.10 Å². The first-order valence-corrected chi connectivity index (χ1v) is 38.6. The second-order valence-electron chi connectivity index (χ2n) is 25.5. The SMILES string of the molecule is CC[C@H](C)[C@H](NC(=O)CN)C(=O)NCC(=O)N[C@H]1CS(=O)c2[nH]c3c(CSCCCCNC(=O)NCCOCCOCCOCCOCCOCCOCCOCCn4cc(CN5C(=O)C=CC5=O)nn4)c(OC)ccc3c2C[C@@H](CO)NC(=O)[C@H]([C@@H](C)[C@@H](O)CO)NC(=O)C[C@@H](O)CNC(=O)[C@H](CC(N)=O)NC1=O. The number of aliphatic hydroxyl groups excluding tert-OH is 4. The summed E-state index contributed by atoms with van der Waals surface area (Å²) >= 11 is 1.50. The lowest BCUT2D eigenvalue weighted by molar-refractivity contribution is -0.137. The first-order valence-electron chi connectivity index (χ1n) is 36.2. The highest BCUT2D eigenvalue weighted by Crippen LogP contribution is 2.36. The molecule has 0 fully saturated rings. The Balaban J connectivity index is 1.08. The molecule has 42 heteroatoms. The zero-order valence-electron chi connectivity index (χ0n) is 62.4. The molecule has 12 amide bonds. The van der Waals surface area contributed by atoms with E-state index in [9.17, 15) is 73.2 Å². The number of nitrogens with two attached hydrogens (primary N) is 2. The van der Waals surface area contributed by atoms with Crippen LogP contribution in [0.3, 0.4) is 0 Å². The van der Waals surface area contributed by atoms with Crippen LogP contribution >= 0.6 is 11.8 Å². The fraction of sp³-hybridized carbons (Fsp3) is 0.662. The van der Waals surface area contributed by atoms with Crippen LogP contribution in [0.2, 0.25) is 0 Å². The van der Waals surface area contributed by atoms with Crippen molar-refractivity contribution in [3.8, 4) is 5.75 Å². The highest BCUT2D eigenvalue weighted by molar-refractivity contribution is 7.98. The maximum absolute atomic E-state index is 15.2. The number of imide groups is 1. The summed E-state index contributed by atoms with van der Waals surface area (Å²) in [6, 6.07) is -4.70. The average Bonchev–Trinajstić information content (AvgIpc) is 1.61. The van der Waals surface area contributed by atoms with Crippen LogP contribution in [0.1, 0.15) is 69.7 Å². The lowest BCUT2D eigenvalue weighted by Gasteiger charge is -2.29. The maximum Gasteiger partial charge on any atom is 0.314 e. The number of benzene rings is 1. The number of thioether (sulfide) groups is 1. The molecule has 1 aromatic carbocycles. The molecule has 0 saturated carbocycles. The van der Waals surface area contributed by atoms with Gasteiger partial charge in [-0.1, -0.05) is 32.4 Å². The first kappa shape index (κ1) is 92.2. The van der Waals surface area contributed by atoms with Gasteiger partial charge in [-0.25, -0.2) is 9.48 Å². The van der Waals surface area contributed by atoms with E-state index in [1.165, 1.54) is 37.9 Å². The van der Waals surface area contributed by atoms with Gasteiger partial charge in [0.25, 0.3) is 11.8 Å². The number of aliphatic hydroxyl groups is 4. The molecule has 4 heterocycles. The van der Waals surface area contributed by atoms with E-state index in [-0.39, 0.29) is 60.3 Å². The molecule has 40 nitrogen and oxygen atoms in total. The Labute approximate surface area is 642 Å². The number of urea groups is 1. The molecule has 0 saturated heterocycles. The maximum atomic E-state index is 15.2. The van der Waals surface area contributed by atoms with Crippen LogP contribution in [0.5, 0.6) is 5.75 Å².